The smallest absolute Gasteiger partial charge is 0.307 e. The maximum Gasteiger partial charge on any atom is 0.307 e. The monoisotopic (exact) mass is 307 g/mol. The summed E-state index contributed by atoms with van der Waals surface area (Å²) < 4.78 is 0. The topological polar surface area (TPSA) is 66.4 Å². The van der Waals surface area contributed by atoms with E-state index in [1.165, 1.54) is 0 Å². The average molecular weight is 308 g/mol. The van der Waals surface area contributed by atoms with E-state index in [2.05, 4.69) is 5.32 Å². The molecule has 112 valence electrons. The quantitative estimate of drug-likeness (QED) is 0.898. The second kappa shape index (κ2) is 6.31. The minimum Gasteiger partial charge on any atom is -0.481 e. The summed E-state index contributed by atoms with van der Waals surface area (Å²) in [4.78, 5) is 23.7. The molecule has 4 nitrogen and oxygen atoms in total. The molecule has 2 N–H and O–H groups in total. The van der Waals surface area contributed by atoms with Gasteiger partial charge < -0.3 is 10.4 Å². The highest BCUT2D eigenvalue weighted by molar-refractivity contribution is 6.29. The van der Waals surface area contributed by atoms with Crippen LogP contribution in [0.4, 0.5) is 5.69 Å². The van der Waals surface area contributed by atoms with Gasteiger partial charge in [-0.25, -0.2) is 0 Å². The average Bonchev–Trinajstić information content (AvgIpc) is 2.42. The van der Waals surface area contributed by atoms with Gasteiger partial charge in [-0.05, 0) is 43.9 Å². The molecule has 1 aromatic carbocycles. The molecule has 0 unspecified atom stereocenters. The zero-order valence-electron chi connectivity index (χ0n) is 12.0. The van der Waals surface area contributed by atoms with Crippen molar-refractivity contribution in [2.75, 3.05) is 5.32 Å². The van der Waals surface area contributed by atoms with Crippen LogP contribution < -0.4 is 5.32 Å². The molecule has 0 fully saturated rings. The number of aryl methyl sites for hydroxylation is 2. The normalized spacial score (nSPS) is 21.6. The number of hydrogen-bond acceptors (Lipinski definition) is 2. The Balaban J connectivity index is 2.20. The fourth-order valence-electron chi connectivity index (χ4n) is 2.50. The van der Waals surface area contributed by atoms with Crippen molar-refractivity contribution < 1.29 is 14.7 Å². The molecule has 0 aromatic heterocycles. The van der Waals surface area contributed by atoms with Crippen LogP contribution in [0, 0.1) is 25.7 Å². The zero-order valence-corrected chi connectivity index (χ0v) is 12.8. The van der Waals surface area contributed by atoms with E-state index in [0.29, 0.717) is 11.5 Å². The summed E-state index contributed by atoms with van der Waals surface area (Å²) in [5.74, 6) is -2.61. The molecule has 2 rings (SSSR count). The largest absolute Gasteiger partial charge is 0.481 e. The van der Waals surface area contributed by atoms with Gasteiger partial charge in [0, 0.05) is 10.7 Å². The molecule has 21 heavy (non-hydrogen) atoms. The van der Waals surface area contributed by atoms with Gasteiger partial charge in [0.2, 0.25) is 5.91 Å². The van der Waals surface area contributed by atoms with E-state index < -0.39 is 17.8 Å². The van der Waals surface area contributed by atoms with E-state index in [-0.39, 0.29) is 12.3 Å². The van der Waals surface area contributed by atoms with E-state index in [1.54, 1.807) is 6.08 Å². The first-order valence-corrected chi connectivity index (χ1v) is 7.21. The predicted octanol–water partition coefficient (Wildman–Crippen LogP) is 3.48. The van der Waals surface area contributed by atoms with Gasteiger partial charge in [0.1, 0.15) is 0 Å². The number of carboxylic acid groups (broad SMARTS) is 1. The van der Waals surface area contributed by atoms with Gasteiger partial charge in [0.25, 0.3) is 0 Å². The lowest BCUT2D eigenvalue weighted by molar-refractivity contribution is -0.146. The first-order chi connectivity index (χ1) is 9.88. The molecule has 1 aliphatic rings. The van der Waals surface area contributed by atoms with Crippen LogP contribution >= 0.6 is 11.6 Å². The third-order valence-electron chi connectivity index (χ3n) is 3.80. The lowest BCUT2D eigenvalue weighted by atomic mass is 9.82. The lowest BCUT2D eigenvalue weighted by Gasteiger charge is -2.26. The number of carbonyl (C=O) groups is 2. The number of carbonyl (C=O) groups excluding carboxylic acids is 1. The van der Waals surface area contributed by atoms with Gasteiger partial charge in [0.15, 0.2) is 0 Å². The number of allylic oxidation sites excluding steroid dienone is 2. The Morgan fingerprint density at radius 3 is 2.67 bits per heavy atom. The van der Waals surface area contributed by atoms with Gasteiger partial charge in [-0.2, -0.15) is 0 Å². The SMILES string of the molecule is Cc1ccc(C)c(NC(=O)[C@@H]2CC(Cl)=CC[C@@H]2C(=O)O)c1. The Morgan fingerprint density at radius 2 is 2.00 bits per heavy atom. The highest BCUT2D eigenvalue weighted by Crippen LogP contribution is 2.33. The highest BCUT2D eigenvalue weighted by Gasteiger charge is 2.36. The van der Waals surface area contributed by atoms with Gasteiger partial charge in [-0.1, -0.05) is 29.8 Å². The van der Waals surface area contributed by atoms with E-state index >= 15 is 0 Å². The van der Waals surface area contributed by atoms with Gasteiger partial charge in [-0.15, -0.1) is 0 Å². The van der Waals surface area contributed by atoms with Crippen molar-refractivity contribution >= 4 is 29.2 Å². The summed E-state index contributed by atoms with van der Waals surface area (Å²) in [6.07, 6.45) is 2.25. The molecule has 1 amide bonds. The van der Waals surface area contributed by atoms with Crippen LogP contribution in [0.1, 0.15) is 24.0 Å². The minimum absolute atomic E-state index is 0.273. The van der Waals surface area contributed by atoms with Crippen LogP contribution in [0.3, 0.4) is 0 Å². The van der Waals surface area contributed by atoms with Crippen LogP contribution in [0.25, 0.3) is 0 Å². The Bertz CT molecular complexity index is 610. The van der Waals surface area contributed by atoms with Gasteiger partial charge in [0.05, 0.1) is 11.8 Å². The van der Waals surface area contributed by atoms with Crippen molar-refractivity contribution in [2.45, 2.75) is 26.7 Å². The second-order valence-corrected chi connectivity index (χ2v) is 5.94. The lowest BCUT2D eigenvalue weighted by Crippen LogP contribution is -2.35. The number of amides is 1. The highest BCUT2D eigenvalue weighted by atomic mass is 35.5. The molecule has 0 radical (unpaired) electrons. The van der Waals surface area contributed by atoms with E-state index in [9.17, 15) is 14.7 Å². The van der Waals surface area contributed by atoms with Crippen molar-refractivity contribution in [3.63, 3.8) is 0 Å². The minimum atomic E-state index is -0.962. The summed E-state index contributed by atoms with van der Waals surface area (Å²) in [6.45, 7) is 3.84. The molecular formula is C16H18ClNO3. The molecule has 1 aliphatic carbocycles. The van der Waals surface area contributed by atoms with E-state index in [0.717, 1.165) is 16.8 Å². The van der Waals surface area contributed by atoms with Crippen molar-refractivity contribution in [3.05, 3.63) is 40.4 Å². The van der Waals surface area contributed by atoms with Crippen LogP contribution in [-0.2, 0) is 9.59 Å². The van der Waals surface area contributed by atoms with Crippen molar-refractivity contribution in [1.82, 2.24) is 0 Å². The summed E-state index contributed by atoms with van der Waals surface area (Å²) in [5, 5.41) is 12.6. The molecule has 1 aromatic rings. The number of rotatable bonds is 3. The summed E-state index contributed by atoms with van der Waals surface area (Å²) >= 11 is 5.97. The Hall–Kier alpha value is -1.81. The Kier molecular flexibility index (Phi) is 4.68. The van der Waals surface area contributed by atoms with E-state index in [1.807, 2.05) is 32.0 Å². The first-order valence-electron chi connectivity index (χ1n) is 6.84. The summed E-state index contributed by atoms with van der Waals surface area (Å²) in [5.41, 5.74) is 2.69. The van der Waals surface area contributed by atoms with Crippen LogP contribution in [0.5, 0.6) is 0 Å². The molecule has 0 saturated heterocycles. The third-order valence-corrected chi connectivity index (χ3v) is 4.11. The Labute approximate surface area is 128 Å². The standard InChI is InChI=1S/C16H18ClNO3/c1-9-3-4-10(2)14(7-9)18-15(19)13-8-11(17)5-6-12(13)16(20)21/h3-5,7,12-13H,6,8H2,1-2H3,(H,18,19)(H,20,21)/t12-,13+/m0/s1. The van der Waals surface area contributed by atoms with Crippen LogP contribution in [0.15, 0.2) is 29.3 Å². The molecule has 0 bridgehead atoms. The van der Waals surface area contributed by atoms with Crippen LogP contribution in [-0.4, -0.2) is 17.0 Å². The van der Waals surface area contributed by atoms with E-state index in [4.69, 9.17) is 11.6 Å². The van der Waals surface area contributed by atoms with Gasteiger partial charge in [-0.3, -0.25) is 9.59 Å². The molecule has 5 heteroatoms. The predicted molar refractivity (Wildman–Crippen MR) is 82.3 cm³/mol. The molecule has 2 atom stereocenters. The number of hydrogen-bond donors (Lipinski definition) is 2. The second-order valence-electron chi connectivity index (χ2n) is 5.45. The summed E-state index contributed by atoms with van der Waals surface area (Å²) in [6, 6.07) is 5.77. The molecular weight excluding hydrogens is 290 g/mol. The number of nitrogens with one attached hydrogen (secondary N) is 1. The number of halogens is 1. The number of benzene rings is 1. The van der Waals surface area contributed by atoms with Crippen molar-refractivity contribution in [3.8, 4) is 0 Å². The maximum absolute atomic E-state index is 12.4. The molecule has 0 saturated carbocycles. The van der Waals surface area contributed by atoms with Crippen molar-refractivity contribution in [2.24, 2.45) is 11.8 Å². The number of aliphatic carboxylic acids is 1. The third kappa shape index (κ3) is 3.64. The molecule has 0 spiro atoms. The number of anilines is 1. The first kappa shape index (κ1) is 15.6. The van der Waals surface area contributed by atoms with Crippen molar-refractivity contribution in [1.29, 1.82) is 0 Å². The Morgan fingerprint density at radius 1 is 1.29 bits per heavy atom. The van der Waals surface area contributed by atoms with Gasteiger partial charge >= 0.3 is 5.97 Å². The zero-order chi connectivity index (χ0) is 15.6. The van der Waals surface area contributed by atoms with Crippen LogP contribution in [0.2, 0.25) is 0 Å². The summed E-state index contributed by atoms with van der Waals surface area (Å²) in [7, 11) is 0. The maximum atomic E-state index is 12.4. The fourth-order valence-corrected chi connectivity index (χ4v) is 2.75. The molecule has 0 heterocycles. The fraction of sp³-hybridized carbons (Fsp3) is 0.375. The number of carboxylic acids is 1. The molecule has 0 aliphatic heterocycles.